The second-order valence-corrected chi connectivity index (χ2v) is 7.15. The van der Waals surface area contributed by atoms with Gasteiger partial charge in [0.25, 0.3) is 5.91 Å². The molecule has 0 aliphatic heterocycles. The molecule has 0 fully saturated rings. The van der Waals surface area contributed by atoms with E-state index in [0.29, 0.717) is 34.4 Å². The minimum Gasteiger partial charge on any atom is -0.495 e. The monoisotopic (exact) mass is 443 g/mol. The number of ether oxygens (including phenoxy) is 1. The fraction of sp³-hybridized carbons (Fsp3) is 0.143. The molecule has 30 heavy (non-hydrogen) atoms. The molecule has 1 amide bonds. The number of amides is 1. The highest BCUT2D eigenvalue weighted by molar-refractivity contribution is 6.38. The Morgan fingerprint density at radius 1 is 1.10 bits per heavy atom. The van der Waals surface area contributed by atoms with Crippen LogP contribution in [-0.4, -0.2) is 28.7 Å². The van der Waals surface area contributed by atoms with Crippen molar-refractivity contribution in [2.45, 2.75) is 13.5 Å². The number of pyridine rings is 2. The smallest absolute Gasteiger partial charge is 0.258 e. The number of aromatic nitrogens is 2. The van der Waals surface area contributed by atoms with Gasteiger partial charge in [0.2, 0.25) is 0 Å². The third kappa shape index (κ3) is 5.06. The second kappa shape index (κ2) is 9.56. The molecule has 0 radical (unpaired) electrons. The van der Waals surface area contributed by atoms with E-state index < -0.39 is 5.91 Å². The standard InChI is InChI=1S/C21H19Cl2N5O2/c1-12(24)18-19(23)17(21(29)28-14-5-3-13(22)4-6-14)11-27-20(18)26-9-15-7-8-16(30-2)10-25-15/h3-8,10-11,24H,9H2,1-2H3,(H,26,27)(H,28,29). The SMILES string of the molecule is COc1ccc(CNc2ncc(C(=O)Nc3ccc(Cl)cc3)c(Cl)c2C(C)=N)nc1. The van der Waals surface area contributed by atoms with E-state index in [1.807, 2.05) is 6.07 Å². The highest BCUT2D eigenvalue weighted by atomic mass is 35.5. The first-order valence-electron chi connectivity index (χ1n) is 8.92. The van der Waals surface area contributed by atoms with Crippen molar-refractivity contribution in [2.75, 3.05) is 17.7 Å². The van der Waals surface area contributed by atoms with Crippen molar-refractivity contribution >= 4 is 46.3 Å². The molecule has 1 aromatic carbocycles. The molecule has 3 N–H and O–H groups in total. The average Bonchev–Trinajstić information content (AvgIpc) is 2.73. The Bertz CT molecular complexity index is 1070. The summed E-state index contributed by atoms with van der Waals surface area (Å²) in [6, 6.07) is 10.3. The fourth-order valence-corrected chi connectivity index (χ4v) is 3.16. The molecule has 2 heterocycles. The zero-order valence-corrected chi connectivity index (χ0v) is 17.8. The van der Waals surface area contributed by atoms with Crippen LogP contribution in [-0.2, 0) is 6.54 Å². The zero-order chi connectivity index (χ0) is 21.7. The molecule has 7 nitrogen and oxygen atoms in total. The molecule has 3 aromatic rings. The maximum Gasteiger partial charge on any atom is 0.258 e. The Labute approximate surface area is 183 Å². The highest BCUT2D eigenvalue weighted by Crippen LogP contribution is 2.28. The van der Waals surface area contributed by atoms with Gasteiger partial charge in [0, 0.05) is 22.6 Å². The molecule has 9 heteroatoms. The van der Waals surface area contributed by atoms with Gasteiger partial charge in [-0.2, -0.15) is 0 Å². The van der Waals surface area contributed by atoms with E-state index in [-0.39, 0.29) is 16.3 Å². The number of benzene rings is 1. The summed E-state index contributed by atoms with van der Waals surface area (Å²) >= 11 is 12.3. The number of methoxy groups -OCH3 is 1. The van der Waals surface area contributed by atoms with Crippen LogP contribution in [0.15, 0.2) is 48.8 Å². The van der Waals surface area contributed by atoms with Crippen molar-refractivity contribution < 1.29 is 9.53 Å². The summed E-state index contributed by atoms with van der Waals surface area (Å²) in [6.07, 6.45) is 2.99. The maximum atomic E-state index is 12.7. The van der Waals surface area contributed by atoms with Gasteiger partial charge in [-0.1, -0.05) is 23.2 Å². The van der Waals surface area contributed by atoms with Crippen LogP contribution in [0.4, 0.5) is 11.5 Å². The lowest BCUT2D eigenvalue weighted by atomic mass is 10.1. The molecular weight excluding hydrogens is 425 g/mol. The lowest BCUT2D eigenvalue weighted by molar-refractivity contribution is 0.102. The predicted molar refractivity (Wildman–Crippen MR) is 119 cm³/mol. The molecule has 3 rings (SSSR count). The first kappa shape index (κ1) is 21.5. The van der Waals surface area contributed by atoms with Crippen molar-refractivity contribution in [1.82, 2.24) is 9.97 Å². The lowest BCUT2D eigenvalue weighted by Crippen LogP contribution is -2.16. The van der Waals surface area contributed by atoms with Gasteiger partial charge in [-0.25, -0.2) is 4.98 Å². The summed E-state index contributed by atoms with van der Waals surface area (Å²) in [4.78, 5) is 21.3. The number of hydrogen-bond acceptors (Lipinski definition) is 6. The Hall–Kier alpha value is -3.16. The minimum atomic E-state index is -0.430. The summed E-state index contributed by atoms with van der Waals surface area (Å²) in [5, 5.41) is 14.7. The first-order valence-corrected chi connectivity index (χ1v) is 9.68. The van der Waals surface area contributed by atoms with Crippen LogP contribution in [0, 0.1) is 5.41 Å². The average molecular weight is 444 g/mol. The van der Waals surface area contributed by atoms with Crippen molar-refractivity contribution in [1.29, 1.82) is 5.41 Å². The molecule has 0 unspecified atom stereocenters. The molecule has 0 atom stereocenters. The van der Waals surface area contributed by atoms with E-state index in [4.69, 9.17) is 33.3 Å². The van der Waals surface area contributed by atoms with Crippen molar-refractivity contribution in [3.8, 4) is 5.75 Å². The van der Waals surface area contributed by atoms with Gasteiger partial charge in [0.05, 0.1) is 41.7 Å². The molecule has 2 aromatic heterocycles. The maximum absolute atomic E-state index is 12.7. The molecular formula is C21H19Cl2N5O2. The fourth-order valence-electron chi connectivity index (χ4n) is 2.67. The molecule has 0 bridgehead atoms. The first-order chi connectivity index (χ1) is 14.4. The minimum absolute atomic E-state index is 0.147. The molecule has 0 saturated carbocycles. The van der Waals surface area contributed by atoms with Crippen molar-refractivity contribution in [2.24, 2.45) is 0 Å². The molecule has 0 aliphatic rings. The van der Waals surface area contributed by atoms with Crippen LogP contribution in [0.25, 0.3) is 0 Å². The van der Waals surface area contributed by atoms with Gasteiger partial charge >= 0.3 is 0 Å². The van der Waals surface area contributed by atoms with Crippen LogP contribution in [0.1, 0.15) is 28.5 Å². The molecule has 0 aliphatic carbocycles. The van der Waals surface area contributed by atoms with E-state index in [0.717, 1.165) is 5.69 Å². The lowest BCUT2D eigenvalue weighted by Gasteiger charge is -2.15. The summed E-state index contributed by atoms with van der Waals surface area (Å²) in [6.45, 7) is 1.95. The van der Waals surface area contributed by atoms with E-state index in [9.17, 15) is 4.79 Å². The molecule has 0 saturated heterocycles. The van der Waals surface area contributed by atoms with Crippen LogP contribution in [0.5, 0.6) is 5.75 Å². The Balaban J connectivity index is 1.81. The number of hydrogen-bond donors (Lipinski definition) is 3. The van der Waals surface area contributed by atoms with Crippen LogP contribution >= 0.6 is 23.2 Å². The van der Waals surface area contributed by atoms with Gasteiger partial charge in [0.15, 0.2) is 0 Å². The van der Waals surface area contributed by atoms with Crippen LogP contribution in [0.2, 0.25) is 10.0 Å². The topological polar surface area (TPSA) is 100.0 Å². The van der Waals surface area contributed by atoms with Crippen molar-refractivity contribution in [3.05, 3.63) is 75.7 Å². The Kier molecular flexibility index (Phi) is 6.87. The number of rotatable bonds is 7. The Morgan fingerprint density at radius 3 is 2.43 bits per heavy atom. The van der Waals surface area contributed by atoms with Gasteiger partial charge < -0.3 is 20.8 Å². The number of nitrogens with zero attached hydrogens (tertiary/aromatic N) is 2. The van der Waals surface area contributed by atoms with Crippen molar-refractivity contribution in [3.63, 3.8) is 0 Å². The summed E-state index contributed by atoms with van der Waals surface area (Å²) < 4.78 is 5.10. The van der Waals surface area contributed by atoms with Gasteiger partial charge in [-0.3, -0.25) is 9.78 Å². The predicted octanol–water partition coefficient (Wildman–Crippen LogP) is 5.04. The van der Waals surface area contributed by atoms with Crippen LogP contribution < -0.4 is 15.4 Å². The van der Waals surface area contributed by atoms with E-state index in [1.54, 1.807) is 50.6 Å². The number of carbonyl (C=O) groups is 1. The number of nitrogens with one attached hydrogen (secondary N) is 3. The van der Waals surface area contributed by atoms with E-state index >= 15 is 0 Å². The Morgan fingerprint density at radius 2 is 1.83 bits per heavy atom. The summed E-state index contributed by atoms with van der Waals surface area (Å²) in [5.74, 6) is 0.626. The normalized spacial score (nSPS) is 10.4. The van der Waals surface area contributed by atoms with Crippen LogP contribution in [0.3, 0.4) is 0 Å². The zero-order valence-electron chi connectivity index (χ0n) is 16.3. The second-order valence-electron chi connectivity index (χ2n) is 6.34. The third-order valence-electron chi connectivity index (χ3n) is 4.21. The molecule has 0 spiro atoms. The summed E-state index contributed by atoms with van der Waals surface area (Å²) in [5.41, 5.74) is 2.03. The number of halogens is 2. The largest absolute Gasteiger partial charge is 0.495 e. The third-order valence-corrected chi connectivity index (χ3v) is 4.85. The van der Waals surface area contributed by atoms with E-state index in [1.165, 1.54) is 6.20 Å². The number of carbonyl (C=O) groups excluding carboxylic acids is 1. The van der Waals surface area contributed by atoms with Gasteiger partial charge in [-0.15, -0.1) is 0 Å². The quantitative estimate of drug-likeness (QED) is 0.443. The highest BCUT2D eigenvalue weighted by Gasteiger charge is 2.20. The summed E-state index contributed by atoms with van der Waals surface area (Å²) in [7, 11) is 1.57. The van der Waals surface area contributed by atoms with Gasteiger partial charge in [-0.05, 0) is 43.3 Å². The van der Waals surface area contributed by atoms with E-state index in [2.05, 4.69) is 20.6 Å². The van der Waals surface area contributed by atoms with Gasteiger partial charge in [0.1, 0.15) is 11.6 Å². The number of anilines is 2. The molecule has 154 valence electrons.